The second kappa shape index (κ2) is 8.20. The second-order valence-corrected chi connectivity index (χ2v) is 4.20. The minimum atomic E-state index is -0.500. The van der Waals surface area contributed by atoms with Crippen LogP contribution in [0, 0.1) is 0 Å². The van der Waals surface area contributed by atoms with Crippen LogP contribution in [0.2, 0.25) is 0 Å². The number of hydrogen-bond donors (Lipinski definition) is 1. The lowest BCUT2D eigenvalue weighted by Gasteiger charge is -2.16. The molecule has 0 aromatic carbocycles. The van der Waals surface area contributed by atoms with Crippen molar-refractivity contribution in [3.63, 3.8) is 0 Å². The summed E-state index contributed by atoms with van der Waals surface area (Å²) in [6.45, 7) is 4.89. The SMILES string of the molecule is CCOC(CNC(=O)c1nnc(-c2cccnc2)o1)OCC. The van der Waals surface area contributed by atoms with E-state index in [1.807, 2.05) is 13.8 Å². The second-order valence-electron chi connectivity index (χ2n) is 4.20. The molecule has 0 saturated heterocycles. The zero-order chi connectivity index (χ0) is 15.8. The van der Waals surface area contributed by atoms with Crippen LogP contribution in [0.3, 0.4) is 0 Å². The molecule has 118 valence electrons. The average Bonchev–Trinajstić information content (AvgIpc) is 3.04. The number of rotatable bonds is 8. The standard InChI is InChI=1S/C14H18N4O4/c1-3-20-11(21-4-2)9-16-12(19)14-18-17-13(22-14)10-6-5-7-15-8-10/h5-8,11H,3-4,9H2,1-2H3,(H,16,19). The van der Waals surface area contributed by atoms with E-state index in [9.17, 15) is 4.79 Å². The Morgan fingerprint density at radius 1 is 1.32 bits per heavy atom. The third-order valence-electron chi connectivity index (χ3n) is 2.66. The molecule has 2 rings (SSSR count). The van der Waals surface area contributed by atoms with Gasteiger partial charge in [-0.1, -0.05) is 0 Å². The molecule has 0 aliphatic heterocycles. The Morgan fingerprint density at radius 2 is 2.09 bits per heavy atom. The van der Waals surface area contributed by atoms with Gasteiger partial charge in [0.25, 0.3) is 0 Å². The number of nitrogens with one attached hydrogen (secondary N) is 1. The number of carbonyl (C=O) groups is 1. The Labute approximate surface area is 127 Å². The van der Waals surface area contributed by atoms with E-state index in [1.165, 1.54) is 0 Å². The van der Waals surface area contributed by atoms with Gasteiger partial charge in [-0.25, -0.2) is 0 Å². The monoisotopic (exact) mass is 306 g/mol. The van der Waals surface area contributed by atoms with E-state index in [0.29, 0.717) is 18.8 Å². The maximum Gasteiger partial charge on any atom is 0.309 e. The van der Waals surface area contributed by atoms with Gasteiger partial charge in [-0.15, -0.1) is 10.2 Å². The van der Waals surface area contributed by atoms with Crippen LogP contribution in [0.25, 0.3) is 11.5 Å². The molecule has 2 heterocycles. The summed E-state index contributed by atoms with van der Waals surface area (Å²) in [5, 5.41) is 10.2. The third-order valence-corrected chi connectivity index (χ3v) is 2.66. The molecule has 0 fully saturated rings. The number of carbonyl (C=O) groups excluding carboxylic acids is 1. The van der Waals surface area contributed by atoms with Crippen LogP contribution in [0.5, 0.6) is 0 Å². The molecule has 0 aliphatic rings. The summed E-state index contributed by atoms with van der Waals surface area (Å²) in [5.41, 5.74) is 0.649. The van der Waals surface area contributed by atoms with Crippen molar-refractivity contribution in [2.75, 3.05) is 19.8 Å². The fourth-order valence-electron chi connectivity index (χ4n) is 1.71. The highest BCUT2D eigenvalue weighted by Crippen LogP contribution is 2.15. The van der Waals surface area contributed by atoms with Crippen molar-refractivity contribution in [2.24, 2.45) is 0 Å². The van der Waals surface area contributed by atoms with Crippen LogP contribution >= 0.6 is 0 Å². The van der Waals surface area contributed by atoms with Gasteiger partial charge in [0.2, 0.25) is 5.89 Å². The summed E-state index contributed by atoms with van der Waals surface area (Å²) in [7, 11) is 0. The lowest BCUT2D eigenvalue weighted by molar-refractivity contribution is -0.131. The van der Waals surface area contributed by atoms with Crippen LogP contribution in [-0.4, -0.2) is 47.1 Å². The summed E-state index contributed by atoms with van der Waals surface area (Å²) >= 11 is 0. The molecule has 2 aromatic heterocycles. The quantitative estimate of drug-likeness (QED) is 0.733. The highest BCUT2D eigenvalue weighted by atomic mass is 16.7. The summed E-state index contributed by atoms with van der Waals surface area (Å²) in [5.74, 6) is -0.359. The number of amides is 1. The Bertz CT molecular complexity index is 582. The first kappa shape index (κ1) is 16.1. The van der Waals surface area contributed by atoms with Gasteiger partial charge in [-0.2, -0.15) is 0 Å². The Balaban J connectivity index is 1.94. The first-order valence-electron chi connectivity index (χ1n) is 6.99. The van der Waals surface area contributed by atoms with Gasteiger partial charge in [-0.05, 0) is 26.0 Å². The first-order chi connectivity index (χ1) is 10.7. The van der Waals surface area contributed by atoms with Crippen molar-refractivity contribution in [3.05, 3.63) is 30.4 Å². The van der Waals surface area contributed by atoms with Gasteiger partial charge in [0.15, 0.2) is 6.29 Å². The molecule has 22 heavy (non-hydrogen) atoms. The lowest BCUT2D eigenvalue weighted by atomic mass is 10.3. The molecule has 0 aliphatic carbocycles. The van der Waals surface area contributed by atoms with Crippen molar-refractivity contribution in [3.8, 4) is 11.5 Å². The zero-order valence-corrected chi connectivity index (χ0v) is 12.5. The first-order valence-corrected chi connectivity index (χ1v) is 6.99. The topological polar surface area (TPSA) is 99.4 Å². The van der Waals surface area contributed by atoms with Gasteiger partial charge in [0.05, 0.1) is 12.1 Å². The molecule has 1 amide bonds. The van der Waals surface area contributed by atoms with E-state index in [2.05, 4.69) is 20.5 Å². The summed E-state index contributed by atoms with van der Waals surface area (Å²) in [6.07, 6.45) is 2.71. The Kier molecular flexibility index (Phi) is 5.99. The largest absolute Gasteiger partial charge is 0.412 e. The molecule has 0 atom stereocenters. The van der Waals surface area contributed by atoms with Gasteiger partial charge < -0.3 is 19.2 Å². The predicted molar refractivity (Wildman–Crippen MR) is 76.9 cm³/mol. The van der Waals surface area contributed by atoms with E-state index >= 15 is 0 Å². The van der Waals surface area contributed by atoms with Crippen LogP contribution < -0.4 is 5.32 Å². The fraction of sp³-hybridized carbons (Fsp3) is 0.429. The van der Waals surface area contributed by atoms with Crippen LogP contribution in [-0.2, 0) is 9.47 Å². The molecule has 2 aromatic rings. The highest BCUT2D eigenvalue weighted by Gasteiger charge is 2.17. The maximum atomic E-state index is 12.0. The van der Waals surface area contributed by atoms with Crippen LogP contribution in [0.4, 0.5) is 0 Å². The molecule has 0 unspecified atom stereocenters. The van der Waals surface area contributed by atoms with Gasteiger partial charge >= 0.3 is 11.8 Å². The average molecular weight is 306 g/mol. The molecular formula is C14H18N4O4. The van der Waals surface area contributed by atoms with E-state index in [-0.39, 0.29) is 18.3 Å². The molecule has 0 radical (unpaired) electrons. The Morgan fingerprint density at radius 3 is 2.73 bits per heavy atom. The van der Waals surface area contributed by atoms with Crippen LogP contribution in [0.1, 0.15) is 24.5 Å². The summed E-state index contributed by atoms with van der Waals surface area (Å²) in [6, 6.07) is 3.51. The number of pyridine rings is 1. The zero-order valence-electron chi connectivity index (χ0n) is 12.5. The highest BCUT2D eigenvalue weighted by molar-refractivity contribution is 5.89. The Hall–Kier alpha value is -2.32. The molecule has 0 bridgehead atoms. The molecule has 0 spiro atoms. The number of ether oxygens (including phenoxy) is 2. The van der Waals surface area contributed by atoms with Crippen molar-refractivity contribution < 1.29 is 18.7 Å². The van der Waals surface area contributed by atoms with Gasteiger partial charge in [0.1, 0.15) is 0 Å². The van der Waals surface area contributed by atoms with E-state index in [0.717, 1.165) is 0 Å². The summed E-state index contributed by atoms with van der Waals surface area (Å²) < 4.78 is 16.0. The van der Waals surface area contributed by atoms with Crippen molar-refractivity contribution in [2.45, 2.75) is 20.1 Å². The smallest absolute Gasteiger partial charge is 0.309 e. The van der Waals surface area contributed by atoms with Gasteiger partial charge in [0, 0.05) is 25.6 Å². The normalized spacial score (nSPS) is 10.9. The van der Waals surface area contributed by atoms with Gasteiger partial charge in [-0.3, -0.25) is 9.78 Å². The van der Waals surface area contributed by atoms with Crippen molar-refractivity contribution >= 4 is 5.91 Å². The number of hydrogen-bond acceptors (Lipinski definition) is 7. The molecule has 1 N–H and O–H groups in total. The molecular weight excluding hydrogens is 288 g/mol. The van der Waals surface area contributed by atoms with E-state index < -0.39 is 12.2 Å². The van der Waals surface area contributed by atoms with Crippen molar-refractivity contribution in [1.29, 1.82) is 0 Å². The van der Waals surface area contributed by atoms with Crippen LogP contribution in [0.15, 0.2) is 28.9 Å². The number of aromatic nitrogens is 3. The van der Waals surface area contributed by atoms with E-state index in [1.54, 1.807) is 24.5 Å². The predicted octanol–water partition coefficient (Wildman–Crippen LogP) is 1.26. The van der Waals surface area contributed by atoms with Crippen molar-refractivity contribution in [1.82, 2.24) is 20.5 Å². The lowest BCUT2D eigenvalue weighted by Crippen LogP contribution is -2.35. The minimum Gasteiger partial charge on any atom is -0.412 e. The molecule has 8 heteroatoms. The third kappa shape index (κ3) is 4.34. The molecule has 8 nitrogen and oxygen atoms in total. The fourth-order valence-corrected chi connectivity index (χ4v) is 1.71. The summed E-state index contributed by atoms with van der Waals surface area (Å²) in [4.78, 5) is 15.9. The minimum absolute atomic E-state index is 0.120. The van der Waals surface area contributed by atoms with E-state index in [4.69, 9.17) is 13.9 Å². The number of nitrogens with zero attached hydrogens (tertiary/aromatic N) is 3. The molecule has 0 saturated carbocycles. The maximum absolute atomic E-state index is 12.0.